The van der Waals surface area contributed by atoms with Gasteiger partial charge < -0.3 is 4.90 Å². The van der Waals surface area contributed by atoms with E-state index in [-0.39, 0.29) is 5.91 Å². The summed E-state index contributed by atoms with van der Waals surface area (Å²) in [4.78, 5) is 14.6. The highest BCUT2D eigenvalue weighted by Gasteiger charge is 2.25. The van der Waals surface area contributed by atoms with Gasteiger partial charge in [-0.25, -0.2) is 4.68 Å². The fraction of sp³-hybridized carbons (Fsp3) is 0.357. The minimum Gasteiger partial charge on any atom is -0.307 e. The van der Waals surface area contributed by atoms with E-state index in [0.717, 1.165) is 36.0 Å². The zero-order valence-electron chi connectivity index (χ0n) is 11.2. The van der Waals surface area contributed by atoms with E-state index in [0.29, 0.717) is 5.69 Å². The number of aromatic nitrogens is 3. The van der Waals surface area contributed by atoms with Crippen molar-refractivity contribution in [2.45, 2.75) is 19.3 Å². The highest BCUT2D eigenvalue weighted by molar-refractivity contribution is 9.10. The van der Waals surface area contributed by atoms with Crippen LogP contribution in [-0.2, 0) is 13.5 Å². The molecule has 0 radical (unpaired) electrons. The van der Waals surface area contributed by atoms with Crippen LogP contribution in [0.25, 0.3) is 0 Å². The van der Waals surface area contributed by atoms with Crippen LogP contribution in [0.15, 0.2) is 28.9 Å². The molecule has 3 rings (SSSR count). The Bertz CT molecular complexity index is 652. The third-order valence-corrected chi connectivity index (χ3v) is 4.37. The first-order valence-electron chi connectivity index (χ1n) is 6.62. The molecule has 0 bridgehead atoms. The number of fused-ring (bicyclic) bond motifs is 1. The number of hydrogen-bond donors (Lipinski definition) is 0. The van der Waals surface area contributed by atoms with Crippen LogP contribution in [0.2, 0.25) is 0 Å². The summed E-state index contributed by atoms with van der Waals surface area (Å²) in [5.74, 6) is -0.0428. The average Bonchev–Trinajstić information content (AvgIpc) is 2.73. The summed E-state index contributed by atoms with van der Waals surface area (Å²) in [6.45, 7) is 0.730. The molecule has 0 saturated carbocycles. The quantitative estimate of drug-likeness (QED) is 0.805. The van der Waals surface area contributed by atoms with E-state index in [1.165, 1.54) is 16.4 Å². The topological polar surface area (TPSA) is 51.0 Å². The molecule has 0 atom stereocenters. The van der Waals surface area contributed by atoms with Crippen LogP contribution in [0, 0.1) is 0 Å². The number of benzene rings is 1. The fourth-order valence-electron chi connectivity index (χ4n) is 2.57. The lowest BCUT2D eigenvalue weighted by atomic mass is 10.1. The van der Waals surface area contributed by atoms with Crippen molar-refractivity contribution in [1.29, 1.82) is 0 Å². The first-order chi connectivity index (χ1) is 9.68. The summed E-state index contributed by atoms with van der Waals surface area (Å²) in [5, 5.41) is 7.63. The van der Waals surface area contributed by atoms with E-state index in [1.54, 1.807) is 7.05 Å². The second-order valence-corrected chi connectivity index (χ2v) is 5.75. The standard InChI is InChI=1S/C14H15BrN4O/c1-18-13(9-16-17-18)14(20)19-8-3-2-5-10-11(15)6-4-7-12(10)19/h4,6-7,9H,2-3,5,8H2,1H3. The Morgan fingerprint density at radius 3 is 2.95 bits per heavy atom. The summed E-state index contributed by atoms with van der Waals surface area (Å²) in [7, 11) is 1.74. The Kier molecular flexibility index (Phi) is 3.56. The molecule has 1 aliphatic rings. The van der Waals surface area contributed by atoms with E-state index in [9.17, 15) is 4.79 Å². The molecule has 1 aromatic carbocycles. The molecule has 104 valence electrons. The summed E-state index contributed by atoms with van der Waals surface area (Å²) in [6.07, 6.45) is 4.59. The van der Waals surface area contributed by atoms with Crippen LogP contribution in [0.4, 0.5) is 5.69 Å². The number of anilines is 1. The fourth-order valence-corrected chi connectivity index (χ4v) is 3.13. The van der Waals surface area contributed by atoms with Gasteiger partial charge in [-0.2, -0.15) is 0 Å². The zero-order valence-corrected chi connectivity index (χ0v) is 12.8. The van der Waals surface area contributed by atoms with E-state index >= 15 is 0 Å². The normalized spacial score (nSPS) is 14.8. The molecule has 0 N–H and O–H groups in total. The molecule has 0 aliphatic carbocycles. The summed E-state index contributed by atoms with van der Waals surface area (Å²) >= 11 is 3.59. The highest BCUT2D eigenvalue weighted by Crippen LogP contribution is 2.32. The molecule has 20 heavy (non-hydrogen) atoms. The number of rotatable bonds is 1. The van der Waals surface area contributed by atoms with Crippen LogP contribution in [0.1, 0.15) is 28.9 Å². The molecule has 1 aliphatic heterocycles. The van der Waals surface area contributed by atoms with E-state index in [4.69, 9.17) is 0 Å². The largest absolute Gasteiger partial charge is 0.307 e. The van der Waals surface area contributed by atoms with Crippen LogP contribution >= 0.6 is 15.9 Å². The van der Waals surface area contributed by atoms with Gasteiger partial charge in [-0.3, -0.25) is 4.79 Å². The zero-order chi connectivity index (χ0) is 14.1. The van der Waals surface area contributed by atoms with Crippen LogP contribution in [-0.4, -0.2) is 27.4 Å². The molecule has 0 spiro atoms. The molecular formula is C14H15BrN4O. The van der Waals surface area contributed by atoms with Gasteiger partial charge in [0.1, 0.15) is 5.69 Å². The van der Waals surface area contributed by atoms with Crippen molar-refractivity contribution in [2.24, 2.45) is 7.05 Å². The van der Waals surface area contributed by atoms with Crippen LogP contribution in [0.3, 0.4) is 0 Å². The summed E-state index contributed by atoms with van der Waals surface area (Å²) in [5.41, 5.74) is 2.70. The van der Waals surface area contributed by atoms with Crippen molar-refractivity contribution in [3.8, 4) is 0 Å². The lowest BCUT2D eigenvalue weighted by Gasteiger charge is -2.23. The van der Waals surface area contributed by atoms with Crippen molar-refractivity contribution in [3.05, 3.63) is 40.1 Å². The highest BCUT2D eigenvalue weighted by atomic mass is 79.9. The number of halogens is 1. The number of hydrogen-bond acceptors (Lipinski definition) is 3. The van der Waals surface area contributed by atoms with Crippen molar-refractivity contribution in [2.75, 3.05) is 11.4 Å². The summed E-state index contributed by atoms with van der Waals surface area (Å²) in [6, 6.07) is 6.00. The van der Waals surface area contributed by atoms with Crippen molar-refractivity contribution in [3.63, 3.8) is 0 Å². The third-order valence-electron chi connectivity index (χ3n) is 3.62. The van der Waals surface area contributed by atoms with Gasteiger partial charge in [0.25, 0.3) is 5.91 Å². The maximum absolute atomic E-state index is 12.7. The van der Waals surface area contributed by atoms with E-state index < -0.39 is 0 Å². The SMILES string of the molecule is Cn1nncc1C(=O)N1CCCCc2c(Br)cccc21. The Morgan fingerprint density at radius 2 is 2.20 bits per heavy atom. The molecule has 6 heteroatoms. The van der Waals surface area contributed by atoms with Gasteiger partial charge in [0.2, 0.25) is 0 Å². The first-order valence-corrected chi connectivity index (χ1v) is 7.41. The first kappa shape index (κ1) is 13.3. The molecule has 0 saturated heterocycles. The lowest BCUT2D eigenvalue weighted by Crippen LogP contribution is -2.33. The van der Waals surface area contributed by atoms with Gasteiger partial charge >= 0.3 is 0 Å². The maximum Gasteiger partial charge on any atom is 0.278 e. The smallest absolute Gasteiger partial charge is 0.278 e. The van der Waals surface area contributed by atoms with Crippen molar-refractivity contribution in [1.82, 2.24) is 15.0 Å². The minimum absolute atomic E-state index is 0.0428. The predicted molar refractivity (Wildman–Crippen MR) is 79.8 cm³/mol. The van der Waals surface area contributed by atoms with E-state index in [1.807, 2.05) is 23.1 Å². The van der Waals surface area contributed by atoms with Gasteiger partial charge in [-0.05, 0) is 37.0 Å². The third kappa shape index (κ3) is 2.24. The number of carbonyl (C=O) groups excluding carboxylic acids is 1. The number of nitrogens with zero attached hydrogens (tertiary/aromatic N) is 4. The van der Waals surface area contributed by atoms with Gasteiger partial charge in [0.05, 0.1) is 6.20 Å². The molecule has 5 nitrogen and oxygen atoms in total. The van der Waals surface area contributed by atoms with Gasteiger partial charge in [0, 0.05) is 23.8 Å². The second kappa shape index (κ2) is 5.36. The predicted octanol–water partition coefficient (Wildman–Crippen LogP) is 2.56. The van der Waals surface area contributed by atoms with Crippen molar-refractivity contribution >= 4 is 27.5 Å². The Hall–Kier alpha value is -1.69. The Labute approximate surface area is 125 Å². The Morgan fingerprint density at radius 1 is 1.35 bits per heavy atom. The molecule has 1 amide bonds. The van der Waals surface area contributed by atoms with Gasteiger partial charge in [-0.15, -0.1) is 5.10 Å². The number of carbonyl (C=O) groups is 1. The number of amides is 1. The molecular weight excluding hydrogens is 320 g/mol. The van der Waals surface area contributed by atoms with Crippen LogP contribution in [0.5, 0.6) is 0 Å². The second-order valence-electron chi connectivity index (χ2n) is 4.89. The Balaban J connectivity index is 2.05. The molecule has 0 unspecified atom stereocenters. The lowest BCUT2D eigenvalue weighted by molar-refractivity contribution is 0.0978. The molecule has 1 aromatic heterocycles. The summed E-state index contributed by atoms with van der Waals surface area (Å²) < 4.78 is 2.59. The maximum atomic E-state index is 12.7. The minimum atomic E-state index is -0.0428. The molecule has 2 heterocycles. The number of aryl methyl sites for hydroxylation is 1. The van der Waals surface area contributed by atoms with Gasteiger partial charge in [-0.1, -0.05) is 27.2 Å². The average molecular weight is 335 g/mol. The monoisotopic (exact) mass is 334 g/mol. The molecule has 0 fully saturated rings. The van der Waals surface area contributed by atoms with Gasteiger partial charge in [0.15, 0.2) is 0 Å². The van der Waals surface area contributed by atoms with Crippen molar-refractivity contribution < 1.29 is 4.79 Å². The molecule has 2 aromatic rings. The van der Waals surface area contributed by atoms with E-state index in [2.05, 4.69) is 26.2 Å². The van der Waals surface area contributed by atoms with Crippen LogP contribution < -0.4 is 4.90 Å².